The van der Waals surface area contributed by atoms with Crippen molar-refractivity contribution in [2.75, 3.05) is 6.54 Å². The van der Waals surface area contributed by atoms with Crippen LogP contribution in [0, 0.1) is 12.7 Å². The van der Waals surface area contributed by atoms with E-state index in [9.17, 15) is 9.18 Å². The maximum Gasteiger partial charge on any atom is 0.254 e. The second-order valence-electron chi connectivity index (χ2n) is 6.86. The molecule has 4 rings (SSSR count). The lowest BCUT2D eigenvalue weighted by atomic mass is 10.1. The maximum absolute atomic E-state index is 13.2. The third-order valence-electron chi connectivity index (χ3n) is 5.08. The van der Waals surface area contributed by atoms with E-state index in [2.05, 4.69) is 14.5 Å². The molecule has 0 bridgehead atoms. The van der Waals surface area contributed by atoms with Gasteiger partial charge in [-0.1, -0.05) is 12.1 Å². The molecule has 2 aromatic heterocycles. The van der Waals surface area contributed by atoms with Crippen molar-refractivity contribution in [3.63, 3.8) is 0 Å². The van der Waals surface area contributed by atoms with Gasteiger partial charge in [-0.25, -0.2) is 9.37 Å². The van der Waals surface area contributed by atoms with Crippen LogP contribution >= 0.6 is 0 Å². The lowest BCUT2D eigenvalue weighted by Crippen LogP contribution is -2.32. The Bertz CT molecular complexity index is 937. The molecule has 5 nitrogen and oxygen atoms in total. The summed E-state index contributed by atoms with van der Waals surface area (Å²) in [7, 11) is 0. The number of rotatable bonds is 4. The topological polar surface area (TPSA) is 51.0 Å². The van der Waals surface area contributed by atoms with Crippen LogP contribution in [0.2, 0.25) is 0 Å². The highest BCUT2D eigenvalue weighted by atomic mass is 19.1. The van der Waals surface area contributed by atoms with Gasteiger partial charge >= 0.3 is 0 Å². The van der Waals surface area contributed by atoms with Gasteiger partial charge in [0, 0.05) is 42.9 Å². The summed E-state index contributed by atoms with van der Waals surface area (Å²) in [4.78, 5) is 23.5. The van der Waals surface area contributed by atoms with Gasteiger partial charge in [0.2, 0.25) is 0 Å². The third-order valence-corrected chi connectivity index (χ3v) is 5.08. The zero-order valence-electron chi connectivity index (χ0n) is 15.2. The van der Waals surface area contributed by atoms with Gasteiger partial charge < -0.3 is 9.47 Å². The molecule has 0 radical (unpaired) electrons. The molecule has 27 heavy (non-hydrogen) atoms. The number of aryl methyl sites for hydroxylation is 1. The van der Waals surface area contributed by atoms with E-state index in [1.54, 1.807) is 36.7 Å². The van der Waals surface area contributed by atoms with Crippen molar-refractivity contribution in [1.82, 2.24) is 19.4 Å². The Morgan fingerprint density at radius 3 is 2.67 bits per heavy atom. The van der Waals surface area contributed by atoms with E-state index in [4.69, 9.17) is 0 Å². The lowest BCUT2D eigenvalue weighted by molar-refractivity contribution is 0.0727. The summed E-state index contributed by atoms with van der Waals surface area (Å²) < 4.78 is 15.3. The Kier molecular flexibility index (Phi) is 4.71. The van der Waals surface area contributed by atoms with Gasteiger partial charge in [-0.3, -0.25) is 9.78 Å². The molecule has 1 saturated heterocycles. The van der Waals surface area contributed by atoms with E-state index >= 15 is 0 Å². The first-order valence-electron chi connectivity index (χ1n) is 9.11. The van der Waals surface area contributed by atoms with Crippen LogP contribution in [0.5, 0.6) is 0 Å². The van der Waals surface area contributed by atoms with Crippen LogP contribution in [-0.2, 0) is 6.54 Å². The highest BCUT2D eigenvalue weighted by molar-refractivity contribution is 5.94. The van der Waals surface area contributed by atoms with E-state index in [0.717, 1.165) is 29.9 Å². The zero-order valence-corrected chi connectivity index (χ0v) is 15.2. The molecule has 1 atom stereocenters. The summed E-state index contributed by atoms with van der Waals surface area (Å²) in [5.74, 6) is 0.650. The van der Waals surface area contributed by atoms with Gasteiger partial charge in [0.05, 0.1) is 6.04 Å². The largest absolute Gasteiger partial charge is 0.328 e. The van der Waals surface area contributed by atoms with Gasteiger partial charge in [-0.2, -0.15) is 0 Å². The minimum absolute atomic E-state index is 0.00823. The number of benzene rings is 1. The van der Waals surface area contributed by atoms with Crippen LogP contribution in [0.1, 0.15) is 46.3 Å². The molecule has 1 aliphatic heterocycles. The van der Waals surface area contributed by atoms with Crippen LogP contribution in [0.3, 0.4) is 0 Å². The van der Waals surface area contributed by atoms with Crippen LogP contribution < -0.4 is 0 Å². The normalized spacial score (nSPS) is 16.7. The predicted molar refractivity (Wildman–Crippen MR) is 99.7 cm³/mol. The van der Waals surface area contributed by atoms with Crippen molar-refractivity contribution < 1.29 is 9.18 Å². The monoisotopic (exact) mass is 364 g/mol. The highest BCUT2D eigenvalue weighted by Crippen LogP contribution is 2.33. The summed E-state index contributed by atoms with van der Waals surface area (Å²) in [5.41, 5.74) is 2.67. The van der Waals surface area contributed by atoms with Crippen LogP contribution in [-0.4, -0.2) is 31.9 Å². The minimum Gasteiger partial charge on any atom is -0.328 e. The van der Waals surface area contributed by atoms with Gasteiger partial charge in [0.15, 0.2) is 0 Å². The predicted octanol–water partition coefficient (Wildman–Crippen LogP) is 3.75. The molecule has 1 amide bonds. The fraction of sp³-hybridized carbons (Fsp3) is 0.286. The molecule has 1 aliphatic rings. The SMILES string of the molecule is Cc1cnc(C2CCCN2C(=O)c2ccncc2)n1Cc1ccc(F)cc1. The van der Waals surface area contributed by atoms with Crippen LogP contribution in [0.15, 0.2) is 55.0 Å². The van der Waals surface area contributed by atoms with Gasteiger partial charge in [-0.05, 0) is 49.6 Å². The quantitative estimate of drug-likeness (QED) is 0.708. The van der Waals surface area contributed by atoms with Crippen molar-refractivity contribution in [2.45, 2.75) is 32.4 Å². The number of carbonyl (C=O) groups is 1. The molecule has 138 valence electrons. The smallest absolute Gasteiger partial charge is 0.254 e. The van der Waals surface area contributed by atoms with Crippen molar-refractivity contribution in [1.29, 1.82) is 0 Å². The summed E-state index contributed by atoms with van der Waals surface area (Å²) >= 11 is 0. The van der Waals surface area contributed by atoms with Crippen molar-refractivity contribution in [3.05, 3.63) is 83.5 Å². The molecule has 3 aromatic rings. The molecule has 6 heteroatoms. The summed E-state index contributed by atoms with van der Waals surface area (Å²) in [5, 5.41) is 0. The molecular weight excluding hydrogens is 343 g/mol. The molecule has 1 aromatic carbocycles. The second kappa shape index (κ2) is 7.31. The third kappa shape index (κ3) is 3.47. The van der Waals surface area contributed by atoms with Crippen LogP contribution in [0.4, 0.5) is 4.39 Å². The van der Waals surface area contributed by atoms with Crippen LogP contribution in [0.25, 0.3) is 0 Å². The number of amides is 1. The van der Waals surface area contributed by atoms with Gasteiger partial charge in [0.25, 0.3) is 5.91 Å². The van der Waals surface area contributed by atoms with Gasteiger partial charge in [-0.15, -0.1) is 0 Å². The fourth-order valence-electron chi connectivity index (χ4n) is 3.66. The standard InChI is InChI=1S/C21H21FN4O/c1-15-13-24-20(26(15)14-16-4-6-18(22)7-5-16)19-3-2-12-25(19)21(27)17-8-10-23-11-9-17/h4-11,13,19H,2-3,12,14H2,1H3. The Morgan fingerprint density at radius 1 is 1.19 bits per heavy atom. The van der Waals surface area contributed by atoms with E-state index in [1.807, 2.05) is 18.0 Å². The molecule has 1 fully saturated rings. The number of carbonyl (C=O) groups excluding carboxylic acids is 1. The number of imidazole rings is 1. The molecule has 0 N–H and O–H groups in total. The number of nitrogens with zero attached hydrogens (tertiary/aromatic N) is 4. The molecule has 0 saturated carbocycles. The first kappa shape index (κ1) is 17.4. The average molecular weight is 364 g/mol. The Hall–Kier alpha value is -3.02. The van der Waals surface area contributed by atoms with E-state index in [0.29, 0.717) is 18.7 Å². The molecular formula is C21H21FN4O. The van der Waals surface area contributed by atoms with E-state index in [1.165, 1.54) is 12.1 Å². The Labute approximate surface area is 157 Å². The van der Waals surface area contributed by atoms with E-state index < -0.39 is 0 Å². The second-order valence-corrected chi connectivity index (χ2v) is 6.86. The molecule has 3 heterocycles. The fourth-order valence-corrected chi connectivity index (χ4v) is 3.66. The van der Waals surface area contributed by atoms with Crippen molar-refractivity contribution in [3.8, 4) is 0 Å². The Balaban J connectivity index is 1.63. The first-order valence-corrected chi connectivity index (χ1v) is 9.11. The maximum atomic E-state index is 13.2. The number of aromatic nitrogens is 3. The molecule has 0 spiro atoms. The number of pyridine rings is 1. The first-order chi connectivity index (χ1) is 13.1. The Morgan fingerprint density at radius 2 is 1.93 bits per heavy atom. The van der Waals surface area contributed by atoms with E-state index in [-0.39, 0.29) is 17.8 Å². The molecule has 1 unspecified atom stereocenters. The highest BCUT2D eigenvalue weighted by Gasteiger charge is 2.33. The van der Waals surface area contributed by atoms with Crippen molar-refractivity contribution in [2.24, 2.45) is 0 Å². The summed E-state index contributed by atoms with van der Waals surface area (Å²) in [6, 6.07) is 9.94. The molecule has 0 aliphatic carbocycles. The number of hydrogen-bond donors (Lipinski definition) is 0. The minimum atomic E-state index is -0.244. The zero-order chi connectivity index (χ0) is 18.8. The summed E-state index contributed by atoms with van der Waals surface area (Å²) in [6.07, 6.45) is 6.95. The lowest BCUT2D eigenvalue weighted by Gasteiger charge is -2.25. The van der Waals surface area contributed by atoms with Crippen molar-refractivity contribution >= 4 is 5.91 Å². The number of hydrogen-bond acceptors (Lipinski definition) is 3. The number of halogens is 1. The van der Waals surface area contributed by atoms with Gasteiger partial charge in [0.1, 0.15) is 11.6 Å². The average Bonchev–Trinajstić information content (AvgIpc) is 3.31. The number of likely N-dealkylation sites (tertiary alicyclic amines) is 1. The summed E-state index contributed by atoms with van der Waals surface area (Å²) in [6.45, 7) is 3.33.